The second-order valence-electron chi connectivity index (χ2n) is 3.60. The number of nitro groups is 1. The van der Waals surface area contributed by atoms with Gasteiger partial charge in [-0.05, 0) is 18.2 Å². The predicted molar refractivity (Wildman–Crippen MR) is 65.0 cm³/mol. The lowest BCUT2D eigenvalue weighted by atomic mass is 10.2. The van der Waals surface area contributed by atoms with Crippen LogP contribution in [0.4, 0.5) is 10.1 Å². The lowest BCUT2D eigenvalue weighted by Gasteiger charge is -2.08. The molecule has 0 heterocycles. The largest absolute Gasteiger partial charge is 0.446 e. The first-order valence-electron chi connectivity index (χ1n) is 5.28. The minimum atomic E-state index is -0.866. The van der Waals surface area contributed by atoms with Crippen molar-refractivity contribution in [2.75, 3.05) is 0 Å². The van der Waals surface area contributed by atoms with Gasteiger partial charge in [-0.15, -0.1) is 0 Å². The lowest BCUT2D eigenvalue weighted by Crippen LogP contribution is -1.97. The van der Waals surface area contributed by atoms with Gasteiger partial charge < -0.3 is 4.74 Å². The van der Waals surface area contributed by atoms with Crippen LogP contribution in [-0.4, -0.2) is 11.2 Å². The summed E-state index contributed by atoms with van der Waals surface area (Å²) < 4.78 is 18.8. The molecule has 0 radical (unpaired) electrons. The molecular formula is C13H8FNO4. The summed E-state index contributed by atoms with van der Waals surface area (Å²) in [5, 5.41) is 10.8. The van der Waals surface area contributed by atoms with Crippen LogP contribution in [-0.2, 0) is 0 Å². The van der Waals surface area contributed by atoms with Gasteiger partial charge in [-0.2, -0.15) is 0 Å². The third-order valence-electron chi connectivity index (χ3n) is 2.40. The summed E-state index contributed by atoms with van der Waals surface area (Å²) >= 11 is 0. The number of aldehydes is 1. The normalized spacial score (nSPS) is 9.95. The van der Waals surface area contributed by atoms with Gasteiger partial charge >= 0.3 is 5.69 Å². The first-order valence-corrected chi connectivity index (χ1v) is 5.28. The number of hydrogen-bond acceptors (Lipinski definition) is 4. The average molecular weight is 261 g/mol. The molecule has 0 unspecified atom stereocenters. The van der Waals surface area contributed by atoms with Gasteiger partial charge in [-0.25, -0.2) is 4.39 Å². The van der Waals surface area contributed by atoms with E-state index in [1.807, 2.05) is 0 Å². The van der Waals surface area contributed by atoms with Crippen molar-refractivity contribution in [2.24, 2.45) is 0 Å². The number of carbonyl (C=O) groups excluding carboxylic acids is 1. The summed E-state index contributed by atoms with van der Waals surface area (Å²) in [6.45, 7) is 0. The molecule has 96 valence electrons. The van der Waals surface area contributed by atoms with Crippen molar-refractivity contribution in [3.05, 3.63) is 64.0 Å². The van der Waals surface area contributed by atoms with Crippen molar-refractivity contribution in [1.82, 2.24) is 0 Å². The summed E-state index contributed by atoms with van der Waals surface area (Å²) in [7, 11) is 0. The number of hydrogen-bond donors (Lipinski definition) is 0. The van der Waals surface area contributed by atoms with Gasteiger partial charge in [0.1, 0.15) is 5.75 Å². The molecule has 0 aliphatic heterocycles. The molecule has 0 N–H and O–H groups in total. The highest BCUT2D eigenvalue weighted by atomic mass is 19.1. The maximum absolute atomic E-state index is 13.6. The van der Waals surface area contributed by atoms with E-state index in [4.69, 9.17) is 4.74 Å². The number of halogens is 1. The molecule has 2 aromatic rings. The van der Waals surface area contributed by atoms with E-state index < -0.39 is 22.2 Å². The molecule has 0 aromatic heterocycles. The van der Waals surface area contributed by atoms with E-state index in [1.54, 1.807) is 12.1 Å². The van der Waals surface area contributed by atoms with E-state index in [-0.39, 0.29) is 11.3 Å². The first kappa shape index (κ1) is 12.7. The van der Waals surface area contributed by atoms with Crippen molar-refractivity contribution in [3.8, 4) is 11.5 Å². The van der Waals surface area contributed by atoms with Gasteiger partial charge in [0.15, 0.2) is 12.1 Å². The molecule has 2 rings (SSSR count). The smallest absolute Gasteiger partial charge is 0.314 e. The summed E-state index contributed by atoms with van der Waals surface area (Å²) in [5.41, 5.74) is -0.319. The number of benzene rings is 2. The van der Waals surface area contributed by atoms with Crippen LogP contribution in [0.25, 0.3) is 0 Å². The number of nitro benzene ring substituents is 1. The Kier molecular flexibility index (Phi) is 3.51. The highest BCUT2D eigenvalue weighted by molar-refractivity contribution is 5.79. The van der Waals surface area contributed by atoms with Crippen molar-refractivity contribution < 1.29 is 18.8 Å². The fraction of sp³-hybridized carbons (Fsp3) is 0. The highest BCUT2D eigenvalue weighted by Gasteiger charge is 2.20. The maximum Gasteiger partial charge on any atom is 0.314 e. The topological polar surface area (TPSA) is 69.4 Å². The number of ether oxygens (including phenoxy) is 1. The van der Waals surface area contributed by atoms with Crippen molar-refractivity contribution in [3.63, 3.8) is 0 Å². The Balaban J connectivity index is 2.49. The Morgan fingerprint density at radius 3 is 2.58 bits per heavy atom. The molecule has 0 amide bonds. The third-order valence-corrected chi connectivity index (χ3v) is 2.40. The third kappa shape index (κ3) is 2.57. The Bertz CT molecular complexity index is 642. The average Bonchev–Trinajstić information content (AvgIpc) is 2.41. The second kappa shape index (κ2) is 5.26. The molecule has 0 atom stereocenters. The van der Waals surface area contributed by atoms with Gasteiger partial charge in [-0.1, -0.05) is 18.2 Å². The van der Waals surface area contributed by atoms with Crippen molar-refractivity contribution >= 4 is 12.0 Å². The molecule has 0 spiro atoms. The van der Waals surface area contributed by atoms with E-state index in [0.29, 0.717) is 6.29 Å². The first-order chi connectivity index (χ1) is 9.13. The van der Waals surface area contributed by atoms with Gasteiger partial charge in [0.25, 0.3) is 0 Å². The van der Waals surface area contributed by atoms with Gasteiger partial charge in [-0.3, -0.25) is 14.9 Å². The zero-order valence-corrected chi connectivity index (χ0v) is 9.58. The van der Waals surface area contributed by atoms with E-state index in [1.165, 1.54) is 18.2 Å². The molecule has 6 heteroatoms. The fourth-order valence-corrected chi connectivity index (χ4v) is 1.52. The van der Waals surface area contributed by atoms with Crippen molar-refractivity contribution in [1.29, 1.82) is 0 Å². The number of para-hydroxylation sites is 2. The zero-order valence-electron chi connectivity index (χ0n) is 9.58. The summed E-state index contributed by atoms with van der Waals surface area (Å²) in [6, 6.07) is 9.47. The second-order valence-corrected chi connectivity index (χ2v) is 3.60. The van der Waals surface area contributed by atoms with Crippen LogP contribution in [0, 0.1) is 15.9 Å². The minimum Gasteiger partial charge on any atom is -0.446 e. The van der Waals surface area contributed by atoms with Crippen LogP contribution < -0.4 is 4.74 Å². The highest BCUT2D eigenvalue weighted by Crippen LogP contribution is 2.34. The Morgan fingerprint density at radius 1 is 1.16 bits per heavy atom. The SMILES string of the molecule is O=Cc1ccccc1Oc1c(F)cccc1[N+](=O)[O-]. The molecule has 0 saturated carbocycles. The molecule has 19 heavy (non-hydrogen) atoms. The van der Waals surface area contributed by atoms with Crippen LogP contribution in [0.2, 0.25) is 0 Å². The lowest BCUT2D eigenvalue weighted by molar-refractivity contribution is -0.385. The van der Waals surface area contributed by atoms with E-state index in [0.717, 1.165) is 12.1 Å². The molecule has 2 aromatic carbocycles. The van der Waals surface area contributed by atoms with Crippen LogP contribution in [0.1, 0.15) is 10.4 Å². The van der Waals surface area contributed by atoms with Crippen LogP contribution >= 0.6 is 0 Å². The number of rotatable bonds is 4. The Hall–Kier alpha value is -2.76. The van der Waals surface area contributed by atoms with Gasteiger partial charge in [0.05, 0.1) is 10.5 Å². The molecule has 0 fully saturated rings. The number of nitrogens with zero attached hydrogens (tertiary/aromatic N) is 1. The van der Waals surface area contributed by atoms with Crippen LogP contribution in [0.3, 0.4) is 0 Å². The fourth-order valence-electron chi connectivity index (χ4n) is 1.52. The quantitative estimate of drug-likeness (QED) is 0.480. The Labute approximate surface area is 107 Å². The monoisotopic (exact) mass is 261 g/mol. The molecule has 0 bridgehead atoms. The van der Waals surface area contributed by atoms with E-state index in [9.17, 15) is 19.3 Å². The van der Waals surface area contributed by atoms with Gasteiger partial charge in [0, 0.05) is 6.07 Å². The molecule has 0 saturated heterocycles. The van der Waals surface area contributed by atoms with Crippen molar-refractivity contribution in [2.45, 2.75) is 0 Å². The summed E-state index contributed by atoms with van der Waals surface area (Å²) in [6.07, 6.45) is 0.530. The summed E-state index contributed by atoms with van der Waals surface area (Å²) in [5.74, 6) is -1.32. The Morgan fingerprint density at radius 2 is 1.89 bits per heavy atom. The molecule has 5 nitrogen and oxygen atoms in total. The zero-order chi connectivity index (χ0) is 13.8. The minimum absolute atomic E-state index is 0.0608. The van der Waals surface area contributed by atoms with Crippen LogP contribution in [0.5, 0.6) is 11.5 Å². The molecular weight excluding hydrogens is 253 g/mol. The van der Waals surface area contributed by atoms with Crippen LogP contribution in [0.15, 0.2) is 42.5 Å². The molecule has 0 aliphatic rings. The predicted octanol–water partition coefficient (Wildman–Crippen LogP) is 3.34. The maximum atomic E-state index is 13.6. The van der Waals surface area contributed by atoms with E-state index in [2.05, 4.69) is 0 Å². The van der Waals surface area contributed by atoms with Gasteiger partial charge in [0.2, 0.25) is 5.75 Å². The molecule has 0 aliphatic carbocycles. The summed E-state index contributed by atoms with van der Waals surface area (Å²) in [4.78, 5) is 20.9. The number of carbonyl (C=O) groups is 1. The standard InChI is InChI=1S/C13H8FNO4/c14-10-5-3-6-11(15(17)18)13(10)19-12-7-2-1-4-9(12)8-16/h1-8H. The van der Waals surface area contributed by atoms with E-state index >= 15 is 0 Å².